The molecule has 3 rings (SSSR count). The van der Waals surface area contributed by atoms with Gasteiger partial charge in [-0.05, 0) is 137 Å². The minimum absolute atomic E-state index is 0. The molecule has 0 unspecified atom stereocenters. The second-order valence-corrected chi connectivity index (χ2v) is 17.2. The van der Waals surface area contributed by atoms with Crippen LogP contribution >= 0.6 is 0 Å². The van der Waals surface area contributed by atoms with E-state index in [-0.39, 0.29) is 12.4 Å². The summed E-state index contributed by atoms with van der Waals surface area (Å²) in [6, 6.07) is 12.0. The van der Waals surface area contributed by atoms with E-state index in [0.717, 1.165) is 48.1 Å². The molecule has 0 atom stereocenters. The lowest BCUT2D eigenvalue weighted by Gasteiger charge is -2.21. The third-order valence-electron chi connectivity index (χ3n) is 6.73. The van der Waals surface area contributed by atoms with E-state index < -0.39 is 46.2 Å². The first-order chi connectivity index (χ1) is 22.3. The largest absolute Gasteiger partial charge is 1.00 e. The molecule has 0 fully saturated rings. The van der Waals surface area contributed by atoms with Crippen LogP contribution in [0.2, 0.25) is 0 Å². The van der Waals surface area contributed by atoms with Gasteiger partial charge in [0, 0.05) is 36.4 Å². The third kappa shape index (κ3) is 11.9. The molecule has 0 saturated heterocycles. The standard InChI is InChI=1S/C39H51O9S.ClH/c1-22-16-28(17-23(2)31(22)43-34(40)46-37(7,8)9)49(29-18-24(3)32(25(4)19-29)44-35(41)47-38(10,11)12)30-20-26(5)33(27(6)21-30)45-36(42)48-39(13,14)15;/h16-21H,1-15H3;1H/q+1;/p-1. The molecule has 274 valence electrons. The van der Waals surface area contributed by atoms with Crippen LogP contribution in [0.3, 0.4) is 0 Å². The van der Waals surface area contributed by atoms with Crippen LogP contribution in [0.4, 0.5) is 14.4 Å². The van der Waals surface area contributed by atoms with Gasteiger partial charge in [0.1, 0.15) is 34.1 Å². The second-order valence-electron chi connectivity index (χ2n) is 15.2. The van der Waals surface area contributed by atoms with Crippen molar-refractivity contribution in [3.05, 3.63) is 69.8 Å². The van der Waals surface area contributed by atoms with Crippen molar-refractivity contribution >= 4 is 29.4 Å². The lowest BCUT2D eigenvalue weighted by atomic mass is 10.1. The van der Waals surface area contributed by atoms with Crippen molar-refractivity contribution in [3.63, 3.8) is 0 Å². The van der Waals surface area contributed by atoms with E-state index in [4.69, 9.17) is 28.4 Å². The van der Waals surface area contributed by atoms with Gasteiger partial charge < -0.3 is 40.8 Å². The molecule has 0 amide bonds. The Morgan fingerprint density at radius 1 is 0.420 bits per heavy atom. The monoisotopic (exact) mass is 730 g/mol. The van der Waals surface area contributed by atoms with Gasteiger partial charge in [-0.2, -0.15) is 0 Å². The molecular formula is C39H51ClO9S. The third-order valence-corrected chi connectivity index (χ3v) is 8.85. The van der Waals surface area contributed by atoms with Crippen LogP contribution in [-0.2, 0) is 25.1 Å². The number of benzene rings is 3. The summed E-state index contributed by atoms with van der Waals surface area (Å²) in [5.41, 5.74) is 2.46. The molecule has 0 saturated carbocycles. The fourth-order valence-electron chi connectivity index (χ4n) is 5.04. The highest BCUT2D eigenvalue weighted by molar-refractivity contribution is 7.97. The smallest absolute Gasteiger partial charge is 0.514 e. The molecule has 0 aromatic heterocycles. The Hall–Kier alpha value is -3.89. The van der Waals surface area contributed by atoms with Crippen molar-refractivity contribution in [3.8, 4) is 17.2 Å². The summed E-state index contributed by atoms with van der Waals surface area (Å²) in [6.07, 6.45) is -2.32. The summed E-state index contributed by atoms with van der Waals surface area (Å²) in [6.45, 7) is 27.4. The van der Waals surface area contributed by atoms with Gasteiger partial charge in [-0.15, -0.1) is 0 Å². The highest BCUT2D eigenvalue weighted by atomic mass is 35.5. The van der Waals surface area contributed by atoms with Gasteiger partial charge in [-0.1, -0.05) is 0 Å². The van der Waals surface area contributed by atoms with Crippen LogP contribution in [0, 0.1) is 41.5 Å². The van der Waals surface area contributed by atoms with Gasteiger partial charge in [0.25, 0.3) is 0 Å². The van der Waals surface area contributed by atoms with E-state index in [9.17, 15) is 14.4 Å². The van der Waals surface area contributed by atoms with Crippen LogP contribution in [-0.4, -0.2) is 35.3 Å². The highest BCUT2D eigenvalue weighted by Gasteiger charge is 2.34. The molecule has 3 aromatic rings. The quantitative estimate of drug-likeness (QED) is 0.110. The highest BCUT2D eigenvalue weighted by Crippen LogP contribution is 2.40. The van der Waals surface area contributed by atoms with Gasteiger partial charge in [-0.3, -0.25) is 0 Å². The summed E-state index contributed by atoms with van der Waals surface area (Å²) in [7, 11) is -0.702. The van der Waals surface area contributed by atoms with E-state index in [1.54, 1.807) is 62.3 Å². The van der Waals surface area contributed by atoms with Crippen molar-refractivity contribution in [2.75, 3.05) is 0 Å². The number of carbonyl (C=O) groups is 3. The zero-order valence-corrected chi connectivity index (χ0v) is 33.5. The first-order valence-electron chi connectivity index (χ1n) is 16.1. The first-order valence-corrected chi connectivity index (χ1v) is 17.4. The Labute approximate surface area is 306 Å². The number of ether oxygens (including phenoxy) is 6. The minimum Gasteiger partial charge on any atom is -1.00 e. The summed E-state index contributed by atoms with van der Waals surface area (Å²) in [4.78, 5) is 40.6. The van der Waals surface area contributed by atoms with Crippen LogP contribution in [0.25, 0.3) is 0 Å². The summed E-state index contributed by atoms with van der Waals surface area (Å²) in [5.74, 6) is 1.30. The van der Waals surface area contributed by atoms with Gasteiger partial charge in [0.15, 0.2) is 14.7 Å². The van der Waals surface area contributed by atoms with Crippen molar-refractivity contribution in [2.45, 2.75) is 135 Å². The molecular weight excluding hydrogens is 680 g/mol. The van der Waals surface area contributed by atoms with E-state index in [0.29, 0.717) is 17.2 Å². The van der Waals surface area contributed by atoms with Gasteiger partial charge in [0.2, 0.25) is 0 Å². The summed E-state index contributed by atoms with van der Waals surface area (Å²) in [5, 5.41) is 0. The maximum absolute atomic E-state index is 12.6. The molecule has 0 radical (unpaired) electrons. The minimum atomic E-state index is -0.774. The first kappa shape index (κ1) is 42.3. The molecule has 50 heavy (non-hydrogen) atoms. The van der Waals surface area contributed by atoms with Gasteiger partial charge >= 0.3 is 18.5 Å². The zero-order chi connectivity index (χ0) is 37.2. The number of aryl methyl sites for hydroxylation is 6. The summed E-state index contributed by atoms with van der Waals surface area (Å²) < 4.78 is 33.2. The summed E-state index contributed by atoms with van der Waals surface area (Å²) >= 11 is 0. The van der Waals surface area contributed by atoms with E-state index in [1.165, 1.54) is 0 Å². The topological polar surface area (TPSA) is 107 Å². The Morgan fingerprint density at radius 2 is 0.600 bits per heavy atom. The molecule has 11 heteroatoms. The molecule has 0 aliphatic heterocycles. The molecule has 0 heterocycles. The average molecular weight is 731 g/mol. The second kappa shape index (κ2) is 16.0. The molecule has 0 spiro atoms. The Bertz CT molecular complexity index is 1470. The van der Waals surface area contributed by atoms with Gasteiger partial charge in [-0.25, -0.2) is 14.4 Å². The number of halogens is 1. The van der Waals surface area contributed by atoms with Crippen LogP contribution in [0.15, 0.2) is 51.1 Å². The van der Waals surface area contributed by atoms with E-state index >= 15 is 0 Å². The molecule has 0 bridgehead atoms. The Balaban J connectivity index is 0.00000867. The predicted molar refractivity (Wildman–Crippen MR) is 190 cm³/mol. The number of hydrogen-bond acceptors (Lipinski definition) is 9. The SMILES string of the molecule is Cc1cc([S+](c2cc(C)c(OC(=O)OC(C)(C)C)c(C)c2)c2cc(C)c(OC(=O)OC(C)(C)C)c(C)c2)cc(C)c1OC(=O)OC(C)(C)C.[Cl-]. The maximum Gasteiger partial charge on any atom is 0.514 e. The normalized spacial score (nSPS) is 11.8. The van der Waals surface area contributed by atoms with Crippen LogP contribution in [0.1, 0.15) is 95.7 Å². The predicted octanol–water partition coefficient (Wildman–Crippen LogP) is 7.58. The molecule has 0 aliphatic carbocycles. The number of hydrogen-bond donors (Lipinski definition) is 0. The fraction of sp³-hybridized carbons (Fsp3) is 0.462. The van der Waals surface area contributed by atoms with Crippen molar-refractivity contribution in [2.24, 2.45) is 0 Å². The Kier molecular flexibility index (Phi) is 13.5. The lowest BCUT2D eigenvalue weighted by molar-refractivity contribution is -0.000177. The maximum atomic E-state index is 12.6. The lowest BCUT2D eigenvalue weighted by Crippen LogP contribution is -3.00. The van der Waals surface area contributed by atoms with Crippen molar-refractivity contribution in [1.29, 1.82) is 0 Å². The zero-order valence-electron chi connectivity index (χ0n) is 31.9. The molecule has 9 nitrogen and oxygen atoms in total. The number of carbonyl (C=O) groups excluding carboxylic acids is 3. The van der Waals surface area contributed by atoms with Crippen molar-refractivity contribution in [1.82, 2.24) is 0 Å². The van der Waals surface area contributed by atoms with E-state index in [1.807, 2.05) is 77.9 Å². The number of rotatable bonds is 6. The fourth-order valence-corrected chi connectivity index (χ4v) is 7.62. The molecule has 3 aromatic carbocycles. The van der Waals surface area contributed by atoms with Crippen LogP contribution < -0.4 is 26.6 Å². The average Bonchev–Trinajstić information content (AvgIpc) is 2.88. The van der Waals surface area contributed by atoms with Crippen molar-refractivity contribution < 1.29 is 55.2 Å². The molecule has 0 aliphatic rings. The van der Waals surface area contributed by atoms with Crippen LogP contribution in [0.5, 0.6) is 17.2 Å². The van der Waals surface area contributed by atoms with E-state index in [2.05, 4.69) is 0 Å². The molecule has 0 N–H and O–H groups in total. The van der Waals surface area contributed by atoms with Gasteiger partial charge in [0.05, 0.1) is 10.9 Å². The Morgan fingerprint density at radius 3 is 0.760 bits per heavy atom.